The normalized spacial score (nSPS) is 11.9. The van der Waals surface area contributed by atoms with Crippen LogP contribution in [0.4, 0.5) is 24.8 Å². The Balaban J connectivity index is 1.65. The van der Waals surface area contributed by atoms with E-state index in [4.69, 9.17) is 25.7 Å². The maximum atomic E-state index is 13.5. The molecule has 20 heteroatoms. The fourth-order valence-corrected chi connectivity index (χ4v) is 4.10. The summed E-state index contributed by atoms with van der Waals surface area (Å²) in [5.41, 5.74) is 9.01. The first kappa shape index (κ1) is 37.2. The Kier molecular flexibility index (Phi) is 13.7. The van der Waals surface area contributed by atoms with Crippen molar-refractivity contribution in [3.63, 3.8) is 0 Å². The molecule has 0 saturated heterocycles. The van der Waals surface area contributed by atoms with Gasteiger partial charge in [0.2, 0.25) is 11.9 Å². The van der Waals surface area contributed by atoms with Crippen LogP contribution < -0.4 is 32.6 Å². The number of fused-ring (bicyclic) bond motifs is 1. The first-order valence-corrected chi connectivity index (χ1v) is 14.3. The number of anilines is 2. The number of benzene rings is 1. The van der Waals surface area contributed by atoms with Crippen molar-refractivity contribution in [2.24, 2.45) is 5.73 Å². The zero-order chi connectivity index (χ0) is 35.3. The van der Waals surface area contributed by atoms with Crippen molar-refractivity contribution in [2.75, 3.05) is 57.3 Å². The molecular formula is C28H34F3N9O8. The molecule has 2 aromatic heterocycles. The molecule has 0 bridgehead atoms. The van der Waals surface area contributed by atoms with Crippen LogP contribution in [0.2, 0.25) is 0 Å². The second kappa shape index (κ2) is 17.6. The summed E-state index contributed by atoms with van der Waals surface area (Å²) < 4.78 is 55.8. The predicted molar refractivity (Wildman–Crippen MR) is 162 cm³/mol. The molecule has 0 aliphatic heterocycles. The Morgan fingerprint density at radius 2 is 1.73 bits per heavy atom. The zero-order valence-corrected chi connectivity index (χ0v) is 25.7. The number of ether oxygens (including phenoxy) is 3. The first-order chi connectivity index (χ1) is 22.8. The molecule has 0 aliphatic carbocycles. The second-order valence-corrected chi connectivity index (χ2v) is 9.87. The van der Waals surface area contributed by atoms with Crippen LogP contribution in [-0.2, 0) is 35.1 Å². The lowest BCUT2D eigenvalue weighted by Crippen LogP contribution is -2.42. The highest BCUT2D eigenvalue weighted by Gasteiger charge is 2.43. The van der Waals surface area contributed by atoms with Crippen LogP contribution in [0.1, 0.15) is 28.9 Å². The number of H-pyrrole nitrogens is 1. The van der Waals surface area contributed by atoms with E-state index in [0.29, 0.717) is 31.3 Å². The molecule has 7 N–H and O–H groups in total. The number of methoxy groups -OCH3 is 1. The number of carbonyl (C=O) groups excluding carboxylic acids is 4. The van der Waals surface area contributed by atoms with E-state index in [1.165, 1.54) is 0 Å². The van der Waals surface area contributed by atoms with Crippen molar-refractivity contribution in [1.82, 2.24) is 30.6 Å². The van der Waals surface area contributed by atoms with Gasteiger partial charge in [-0.3, -0.25) is 29.1 Å². The van der Waals surface area contributed by atoms with Crippen LogP contribution in [0.15, 0.2) is 35.3 Å². The zero-order valence-electron chi connectivity index (χ0n) is 25.7. The van der Waals surface area contributed by atoms with Gasteiger partial charge >= 0.3 is 18.1 Å². The van der Waals surface area contributed by atoms with Crippen molar-refractivity contribution in [3.8, 4) is 0 Å². The number of nitrogen functional groups attached to an aromatic ring is 1. The van der Waals surface area contributed by atoms with Gasteiger partial charge in [-0.15, -0.1) is 0 Å². The molecule has 0 spiro atoms. The van der Waals surface area contributed by atoms with Crippen LogP contribution >= 0.6 is 0 Å². The summed E-state index contributed by atoms with van der Waals surface area (Å²) in [6.45, 7) is 1.15. The highest BCUT2D eigenvalue weighted by molar-refractivity contribution is 5.99. The predicted octanol–water partition coefficient (Wildman–Crippen LogP) is -0.449. The number of amides is 3. The Bertz CT molecular complexity index is 1640. The average molecular weight is 682 g/mol. The van der Waals surface area contributed by atoms with Gasteiger partial charge in [0.25, 0.3) is 11.5 Å². The van der Waals surface area contributed by atoms with Gasteiger partial charge in [0.05, 0.1) is 52.0 Å². The van der Waals surface area contributed by atoms with E-state index in [1.54, 1.807) is 0 Å². The lowest BCUT2D eigenvalue weighted by molar-refractivity contribution is -0.170. The summed E-state index contributed by atoms with van der Waals surface area (Å²) in [5, 5.41) is 5.05. The van der Waals surface area contributed by atoms with Crippen LogP contribution in [0.3, 0.4) is 0 Å². The molecule has 0 aliphatic rings. The number of hydrogen-bond donors (Lipinski definition) is 5. The Hall–Kier alpha value is -5.21. The van der Waals surface area contributed by atoms with Gasteiger partial charge in [-0.05, 0) is 30.7 Å². The highest BCUT2D eigenvalue weighted by atomic mass is 19.4. The van der Waals surface area contributed by atoms with Gasteiger partial charge in [-0.1, -0.05) is 0 Å². The molecule has 0 unspecified atom stereocenters. The summed E-state index contributed by atoms with van der Waals surface area (Å²) >= 11 is 0. The second-order valence-electron chi connectivity index (χ2n) is 9.87. The molecule has 1 atom stereocenters. The standard InChI is InChI=1S/C28H34F3N9O8/c1-46-25(44)19(6-7-20(41)34-9-11-48-13-12-47-10-8-32)37-23(42)16-2-4-18(5-3-16)40(26(45)28(29,30)31)15-17-14-35-22-21(36-17)24(43)39-27(33)38-22/h2-5,14,19H,6-13,15,32H2,1H3,(H,34,41)(H,37,42)(H3,33,35,38,39,43)/t19-/m0/s1. The number of halogens is 3. The van der Waals surface area contributed by atoms with Crippen molar-refractivity contribution < 1.29 is 46.6 Å². The number of nitrogens with one attached hydrogen (secondary N) is 3. The van der Waals surface area contributed by atoms with E-state index >= 15 is 0 Å². The number of hydrogen-bond acceptors (Lipinski definition) is 13. The Morgan fingerprint density at radius 3 is 2.38 bits per heavy atom. The van der Waals surface area contributed by atoms with Gasteiger partial charge in [-0.25, -0.2) is 14.8 Å². The van der Waals surface area contributed by atoms with Crippen molar-refractivity contribution in [2.45, 2.75) is 31.6 Å². The third-order valence-corrected chi connectivity index (χ3v) is 6.39. The minimum atomic E-state index is -5.29. The van der Waals surface area contributed by atoms with E-state index in [9.17, 15) is 37.1 Å². The fraction of sp³-hybridized carbons (Fsp3) is 0.429. The molecule has 3 amide bonds. The Morgan fingerprint density at radius 1 is 1.04 bits per heavy atom. The fourth-order valence-electron chi connectivity index (χ4n) is 4.10. The molecule has 3 rings (SSSR count). The summed E-state index contributed by atoms with van der Waals surface area (Å²) in [4.78, 5) is 76.2. The molecule has 0 radical (unpaired) electrons. The van der Waals surface area contributed by atoms with Crippen molar-refractivity contribution in [3.05, 3.63) is 52.1 Å². The summed E-state index contributed by atoms with van der Waals surface area (Å²) in [7, 11) is 1.10. The number of nitrogens with zero attached hydrogens (tertiary/aromatic N) is 4. The van der Waals surface area contributed by atoms with Crippen molar-refractivity contribution >= 4 is 46.5 Å². The first-order valence-electron chi connectivity index (χ1n) is 14.3. The van der Waals surface area contributed by atoms with E-state index in [2.05, 4.69) is 30.6 Å². The summed E-state index contributed by atoms with van der Waals surface area (Å²) in [6.07, 6.45) is -4.53. The largest absolute Gasteiger partial charge is 0.471 e. The number of alkyl halides is 3. The minimum Gasteiger partial charge on any atom is -0.467 e. The molecule has 17 nitrogen and oxygen atoms in total. The number of aromatic amines is 1. The molecule has 48 heavy (non-hydrogen) atoms. The van der Waals surface area contributed by atoms with E-state index in [1.807, 2.05) is 0 Å². The molecule has 0 saturated carbocycles. The van der Waals surface area contributed by atoms with E-state index in [-0.39, 0.29) is 60.1 Å². The number of rotatable bonds is 17. The quantitative estimate of drug-likeness (QED) is 0.0896. The van der Waals surface area contributed by atoms with Gasteiger partial charge < -0.3 is 36.3 Å². The highest BCUT2D eigenvalue weighted by Crippen LogP contribution is 2.26. The summed E-state index contributed by atoms with van der Waals surface area (Å²) in [5.74, 6) is -4.54. The maximum absolute atomic E-state index is 13.5. The average Bonchev–Trinajstić information content (AvgIpc) is 3.05. The van der Waals surface area contributed by atoms with Gasteiger partial charge in [0, 0.05) is 30.8 Å². The Labute approximate surface area is 270 Å². The molecule has 1 aromatic carbocycles. The van der Waals surface area contributed by atoms with Gasteiger partial charge in [-0.2, -0.15) is 18.2 Å². The third-order valence-electron chi connectivity index (χ3n) is 6.39. The smallest absolute Gasteiger partial charge is 0.467 e. The van der Waals surface area contributed by atoms with Crippen LogP contribution in [0, 0.1) is 0 Å². The lowest BCUT2D eigenvalue weighted by Gasteiger charge is -2.24. The molecule has 2 heterocycles. The van der Waals surface area contributed by atoms with Gasteiger partial charge in [0.1, 0.15) is 6.04 Å². The molecule has 260 valence electrons. The van der Waals surface area contributed by atoms with Crippen LogP contribution in [0.25, 0.3) is 11.2 Å². The van der Waals surface area contributed by atoms with E-state index < -0.39 is 48.0 Å². The monoisotopic (exact) mass is 681 g/mol. The van der Waals surface area contributed by atoms with E-state index in [0.717, 1.165) is 37.6 Å². The molecule has 0 fully saturated rings. The minimum absolute atomic E-state index is 0.0789. The number of carbonyl (C=O) groups is 4. The maximum Gasteiger partial charge on any atom is 0.471 e. The molecule has 3 aromatic rings. The third kappa shape index (κ3) is 11.0. The number of aromatic nitrogens is 4. The van der Waals surface area contributed by atoms with Gasteiger partial charge in [0.15, 0.2) is 11.2 Å². The lowest BCUT2D eigenvalue weighted by atomic mass is 10.1. The number of nitrogens with two attached hydrogens (primary N) is 2. The topological polar surface area (TPSA) is 247 Å². The van der Waals surface area contributed by atoms with Crippen molar-refractivity contribution in [1.29, 1.82) is 0 Å². The SMILES string of the molecule is COC(=O)[C@H](CCC(=O)NCCOCCOCCN)NC(=O)c1ccc(N(Cc2cnc3nc(N)[nH]c(=O)c3n2)C(=O)C(F)(F)F)cc1. The molecular weight excluding hydrogens is 647 g/mol. The van der Waals surface area contributed by atoms with Crippen LogP contribution in [0.5, 0.6) is 0 Å². The number of esters is 1. The summed E-state index contributed by atoms with van der Waals surface area (Å²) in [6, 6.07) is 3.19. The van der Waals surface area contributed by atoms with Crippen LogP contribution in [-0.4, -0.2) is 102 Å².